The fourth-order valence-electron chi connectivity index (χ4n) is 4.29. The molecule has 1 amide bonds. The number of carbonyl (C=O) groups is 3. The molecule has 176 valence electrons. The van der Waals surface area contributed by atoms with Gasteiger partial charge in [-0.3, -0.25) is 15.0 Å². The number of carboxylic acids is 2. The van der Waals surface area contributed by atoms with Crippen molar-refractivity contribution in [3.63, 3.8) is 0 Å². The van der Waals surface area contributed by atoms with Gasteiger partial charge in [0, 0.05) is 36.4 Å². The van der Waals surface area contributed by atoms with Crippen LogP contribution in [0.15, 0.2) is 34.3 Å². The summed E-state index contributed by atoms with van der Waals surface area (Å²) in [4.78, 5) is 46.4. The third kappa shape index (κ3) is 5.61. The third-order valence-electron chi connectivity index (χ3n) is 5.94. The van der Waals surface area contributed by atoms with Crippen molar-refractivity contribution in [2.45, 2.75) is 37.1 Å². The molecule has 3 aliphatic rings. The second-order valence-corrected chi connectivity index (χ2v) is 8.09. The van der Waals surface area contributed by atoms with Gasteiger partial charge in [-0.05, 0) is 43.0 Å². The van der Waals surface area contributed by atoms with Crippen LogP contribution >= 0.6 is 0 Å². The van der Waals surface area contributed by atoms with E-state index in [2.05, 4.69) is 25.5 Å². The van der Waals surface area contributed by atoms with Crippen LogP contribution in [0.2, 0.25) is 0 Å². The van der Waals surface area contributed by atoms with Crippen molar-refractivity contribution in [3.8, 4) is 0 Å². The standard InChI is InChI=1S/C20H25N7O6.Ca/c21-20-24-16-15(18(31)25-20)27-9-26(8-12(27)7-22-16)11-3-1-10(2-4-11)17(30)23-13(19(32)33)5-6-14(28)29;/h1-4,12-13,15-16,22H,5-9H2,(H,23,30)(H,28,29)(H,32,33)(H3,21,24,25,31);/q;+2/p-2/t12?,13-,15?,16?;/m0./s1. The summed E-state index contributed by atoms with van der Waals surface area (Å²) < 4.78 is 0. The van der Waals surface area contributed by atoms with E-state index in [4.69, 9.17) is 5.73 Å². The maximum atomic E-state index is 12.4. The Morgan fingerprint density at radius 2 is 2.00 bits per heavy atom. The first-order valence-electron chi connectivity index (χ1n) is 10.4. The molecule has 4 rings (SSSR count). The van der Waals surface area contributed by atoms with Gasteiger partial charge in [-0.1, -0.05) is 0 Å². The van der Waals surface area contributed by atoms with Gasteiger partial charge < -0.3 is 36.1 Å². The Labute approximate surface area is 224 Å². The quantitative estimate of drug-likeness (QED) is 0.268. The van der Waals surface area contributed by atoms with E-state index >= 15 is 0 Å². The first kappa shape index (κ1) is 26.2. The van der Waals surface area contributed by atoms with Crippen molar-refractivity contribution in [2.24, 2.45) is 15.7 Å². The van der Waals surface area contributed by atoms with Crippen LogP contribution in [0.4, 0.5) is 5.69 Å². The van der Waals surface area contributed by atoms with E-state index in [1.165, 1.54) is 0 Å². The van der Waals surface area contributed by atoms with E-state index in [0.717, 1.165) is 5.69 Å². The molecule has 0 aliphatic carbocycles. The van der Waals surface area contributed by atoms with Crippen LogP contribution in [0.3, 0.4) is 0 Å². The Balaban J connectivity index is 0.00000324. The van der Waals surface area contributed by atoms with Gasteiger partial charge in [0.15, 0.2) is 0 Å². The van der Waals surface area contributed by atoms with Gasteiger partial charge in [0.1, 0.15) is 12.2 Å². The van der Waals surface area contributed by atoms with Crippen molar-refractivity contribution in [2.75, 3.05) is 24.7 Å². The zero-order chi connectivity index (χ0) is 23.7. The van der Waals surface area contributed by atoms with Gasteiger partial charge in [-0.25, -0.2) is 14.8 Å². The Kier molecular flexibility index (Phi) is 8.36. The first-order chi connectivity index (χ1) is 15.7. The number of amides is 1. The van der Waals surface area contributed by atoms with E-state index in [-0.39, 0.29) is 67.6 Å². The van der Waals surface area contributed by atoms with Crippen LogP contribution in [0.25, 0.3) is 0 Å². The summed E-state index contributed by atoms with van der Waals surface area (Å²) in [5.74, 6) is -3.69. The Morgan fingerprint density at radius 3 is 2.65 bits per heavy atom. The van der Waals surface area contributed by atoms with Gasteiger partial charge >= 0.3 is 43.7 Å². The number of aliphatic carboxylic acids is 2. The number of nitrogens with one attached hydrogen (secondary N) is 2. The number of aliphatic imine (C=N–C) groups is 2. The Bertz CT molecular complexity index is 1020. The van der Waals surface area contributed by atoms with E-state index in [0.29, 0.717) is 19.8 Å². The van der Waals surface area contributed by atoms with Crippen molar-refractivity contribution < 1.29 is 29.7 Å². The molecular weight excluding hydrogens is 474 g/mol. The number of nitrogens with zero attached hydrogens (tertiary/aromatic N) is 4. The van der Waals surface area contributed by atoms with Gasteiger partial charge in [0.25, 0.3) is 5.91 Å². The van der Waals surface area contributed by atoms with Gasteiger partial charge in [-0.2, -0.15) is 0 Å². The maximum absolute atomic E-state index is 12.4. The van der Waals surface area contributed by atoms with Crippen LogP contribution < -0.4 is 31.5 Å². The molecular formula is C20H23CaN7O6. The van der Waals surface area contributed by atoms with E-state index in [1.807, 2.05) is 4.90 Å². The van der Waals surface area contributed by atoms with Crippen molar-refractivity contribution in [1.29, 1.82) is 0 Å². The minimum absolute atomic E-state index is 0. The summed E-state index contributed by atoms with van der Waals surface area (Å²) in [5, 5.41) is 37.8. The van der Waals surface area contributed by atoms with Gasteiger partial charge in [-0.15, -0.1) is 0 Å². The molecule has 0 radical (unpaired) electrons. The van der Waals surface area contributed by atoms with Crippen molar-refractivity contribution >= 4 is 73.1 Å². The number of benzene rings is 1. The summed E-state index contributed by atoms with van der Waals surface area (Å²) in [7, 11) is 0. The number of carboxylic acid groups (broad SMARTS) is 2. The zero-order valence-corrected chi connectivity index (χ0v) is 20.4. The van der Waals surface area contributed by atoms with Crippen LogP contribution in [-0.2, 0) is 9.59 Å². The number of nitrogens with two attached hydrogens (primary N) is 1. The van der Waals surface area contributed by atoms with Crippen molar-refractivity contribution in [3.05, 3.63) is 29.8 Å². The summed E-state index contributed by atoms with van der Waals surface area (Å²) in [6.45, 7) is 1.75. The molecule has 3 aliphatic heterocycles. The summed E-state index contributed by atoms with van der Waals surface area (Å²) in [5.41, 5.74) is 6.67. The number of rotatable bonds is 7. The number of fused-ring (bicyclic) bond motifs is 3. The first-order valence-corrected chi connectivity index (χ1v) is 10.4. The topological polar surface area (TPSA) is 199 Å². The Morgan fingerprint density at radius 1 is 1.29 bits per heavy atom. The molecule has 34 heavy (non-hydrogen) atoms. The number of hydrogen-bond donors (Lipinski definition) is 4. The predicted molar refractivity (Wildman–Crippen MR) is 118 cm³/mol. The largest absolute Gasteiger partial charge is 2.00 e. The molecule has 2 saturated heterocycles. The average molecular weight is 498 g/mol. The van der Waals surface area contributed by atoms with Crippen LogP contribution in [0, 0.1) is 0 Å². The zero-order valence-electron chi connectivity index (χ0n) is 18.2. The minimum atomic E-state index is -1.39. The molecule has 2 fully saturated rings. The summed E-state index contributed by atoms with van der Waals surface area (Å²) >= 11 is 0. The minimum Gasteiger partial charge on any atom is -0.860 e. The van der Waals surface area contributed by atoms with Gasteiger partial charge in [0.05, 0.1) is 12.7 Å². The second kappa shape index (κ2) is 10.9. The maximum Gasteiger partial charge on any atom is 2.00 e. The fourth-order valence-corrected chi connectivity index (χ4v) is 4.29. The summed E-state index contributed by atoms with van der Waals surface area (Å²) in [6, 6.07) is 4.80. The molecule has 0 spiro atoms. The molecule has 0 aromatic heterocycles. The molecule has 13 nitrogen and oxygen atoms in total. The normalized spacial score (nSPS) is 24.6. The molecule has 3 heterocycles. The number of hydrogen-bond acceptors (Lipinski definition) is 11. The number of anilines is 1. The SMILES string of the molecule is NC1=NC2NCC3CN(c4ccc(C(=O)N[C@@H](CCC(=O)[O-])C(=O)O)cc4)CN3C2C([O-])=N1.[Ca+2]. The van der Waals surface area contributed by atoms with Crippen LogP contribution in [0.1, 0.15) is 23.2 Å². The average Bonchev–Trinajstić information content (AvgIpc) is 3.20. The number of carbonyl (C=O) groups excluding carboxylic acids is 2. The smallest absolute Gasteiger partial charge is 0.860 e. The van der Waals surface area contributed by atoms with Crippen LogP contribution in [0.5, 0.6) is 0 Å². The second-order valence-electron chi connectivity index (χ2n) is 8.09. The van der Waals surface area contributed by atoms with E-state index < -0.39 is 42.5 Å². The van der Waals surface area contributed by atoms with Gasteiger partial charge in [0.2, 0.25) is 5.96 Å². The molecule has 1 aromatic carbocycles. The monoisotopic (exact) mass is 497 g/mol. The number of piperazine rings is 1. The van der Waals surface area contributed by atoms with E-state index in [9.17, 15) is 29.7 Å². The third-order valence-corrected chi connectivity index (χ3v) is 5.94. The van der Waals surface area contributed by atoms with Crippen molar-refractivity contribution in [1.82, 2.24) is 15.5 Å². The molecule has 0 saturated carbocycles. The summed E-state index contributed by atoms with van der Waals surface area (Å²) in [6.07, 6.45) is -1.19. The fraction of sp³-hybridized carbons (Fsp3) is 0.450. The molecule has 4 atom stereocenters. The Hall–Kier alpha value is -2.45. The molecule has 0 bridgehead atoms. The molecule has 5 N–H and O–H groups in total. The molecule has 1 aromatic rings. The number of guanidine groups is 1. The predicted octanol–water partition coefficient (Wildman–Crippen LogP) is -4.15. The molecule has 14 heteroatoms. The molecule has 3 unspecified atom stereocenters. The van der Waals surface area contributed by atoms with Crippen LogP contribution in [-0.4, -0.2) is 121 Å². The van der Waals surface area contributed by atoms with E-state index in [1.54, 1.807) is 24.3 Å².